The van der Waals surface area contributed by atoms with Crippen LogP contribution in [0.5, 0.6) is 0 Å². The molecule has 1 N–H and O–H groups in total. The van der Waals surface area contributed by atoms with Gasteiger partial charge in [0.25, 0.3) is 5.91 Å². The van der Waals surface area contributed by atoms with Gasteiger partial charge in [-0.15, -0.1) is 0 Å². The number of ketones is 1. The predicted molar refractivity (Wildman–Crippen MR) is 73.4 cm³/mol. The minimum atomic E-state index is -0.0447. The van der Waals surface area contributed by atoms with Crippen LogP contribution >= 0.6 is 0 Å². The summed E-state index contributed by atoms with van der Waals surface area (Å²) >= 11 is 0. The van der Waals surface area contributed by atoms with E-state index in [-0.39, 0.29) is 11.7 Å². The smallest absolute Gasteiger partial charge is 0.251 e. The standard InChI is InChI=1S/C16H19NO2/c18-15(9-11-3-1-2-4-11)13-6-5-12-7-8-17-16(19)14(12)10-13/h5-6,10-11H,1-4,7-9H2,(H,17,19). The summed E-state index contributed by atoms with van der Waals surface area (Å²) in [4.78, 5) is 24.0. The molecule has 3 heteroatoms. The molecule has 0 radical (unpaired) electrons. The molecule has 2 aliphatic rings. The van der Waals surface area contributed by atoms with Gasteiger partial charge >= 0.3 is 0 Å². The second-order valence-electron chi connectivity index (χ2n) is 5.66. The summed E-state index contributed by atoms with van der Waals surface area (Å²) in [7, 11) is 0. The van der Waals surface area contributed by atoms with E-state index in [0.717, 1.165) is 12.0 Å². The topological polar surface area (TPSA) is 46.2 Å². The zero-order valence-corrected chi connectivity index (χ0v) is 11.1. The molecule has 1 aromatic rings. The van der Waals surface area contributed by atoms with Crippen molar-refractivity contribution in [2.45, 2.75) is 38.5 Å². The largest absolute Gasteiger partial charge is 0.352 e. The molecule has 0 unspecified atom stereocenters. The third-order valence-corrected chi connectivity index (χ3v) is 4.31. The Morgan fingerprint density at radius 1 is 1.26 bits per heavy atom. The van der Waals surface area contributed by atoms with E-state index >= 15 is 0 Å². The van der Waals surface area contributed by atoms with E-state index in [9.17, 15) is 9.59 Å². The van der Waals surface area contributed by atoms with Gasteiger partial charge in [-0.2, -0.15) is 0 Å². The highest BCUT2D eigenvalue weighted by Gasteiger charge is 2.22. The first-order chi connectivity index (χ1) is 9.24. The normalized spacial score (nSPS) is 19.1. The van der Waals surface area contributed by atoms with Gasteiger partial charge in [-0.3, -0.25) is 9.59 Å². The SMILES string of the molecule is O=C(CC1CCCC1)c1ccc2c(c1)C(=O)NCC2. The van der Waals surface area contributed by atoms with Gasteiger partial charge < -0.3 is 5.32 Å². The van der Waals surface area contributed by atoms with E-state index in [1.165, 1.54) is 25.7 Å². The Kier molecular flexibility index (Phi) is 3.36. The number of fused-ring (bicyclic) bond motifs is 1. The molecule has 1 amide bonds. The molecule has 19 heavy (non-hydrogen) atoms. The van der Waals surface area contributed by atoms with Gasteiger partial charge in [-0.1, -0.05) is 37.8 Å². The van der Waals surface area contributed by atoms with Crippen molar-refractivity contribution in [3.8, 4) is 0 Å². The Bertz CT molecular complexity index is 515. The van der Waals surface area contributed by atoms with Crippen LogP contribution in [0, 0.1) is 5.92 Å². The van der Waals surface area contributed by atoms with E-state index in [1.54, 1.807) is 6.07 Å². The van der Waals surface area contributed by atoms with Gasteiger partial charge in [0.2, 0.25) is 0 Å². The number of carbonyl (C=O) groups is 2. The summed E-state index contributed by atoms with van der Waals surface area (Å²) in [5.74, 6) is 0.696. The number of nitrogens with one attached hydrogen (secondary N) is 1. The molecule has 0 saturated heterocycles. The maximum atomic E-state index is 12.3. The lowest BCUT2D eigenvalue weighted by atomic mass is 9.93. The molecule has 1 heterocycles. The fraction of sp³-hybridized carbons (Fsp3) is 0.500. The van der Waals surface area contributed by atoms with Crippen LogP contribution in [0.4, 0.5) is 0 Å². The van der Waals surface area contributed by atoms with E-state index in [0.29, 0.717) is 30.0 Å². The van der Waals surface area contributed by atoms with Crippen LogP contribution in [0.15, 0.2) is 18.2 Å². The first-order valence-corrected chi connectivity index (χ1v) is 7.18. The Hall–Kier alpha value is -1.64. The highest BCUT2D eigenvalue weighted by Crippen LogP contribution is 2.29. The fourth-order valence-corrected chi connectivity index (χ4v) is 3.18. The maximum absolute atomic E-state index is 12.3. The van der Waals surface area contributed by atoms with Gasteiger partial charge in [0.1, 0.15) is 0 Å². The number of Topliss-reactive ketones (excluding diaryl/α,β-unsaturated/α-hetero) is 1. The van der Waals surface area contributed by atoms with Gasteiger partial charge in [-0.25, -0.2) is 0 Å². The highest BCUT2D eigenvalue weighted by molar-refractivity contribution is 6.02. The maximum Gasteiger partial charge on any atom is 0.251 e. The molecule has 3 nitrogen and oxygen atoms in total. The molecule has 0 bridgehead atoms. The molecular weight excluding hydrogens is 238 g/mol. The van der Waals surface area contributed by atoms with Crippen molar-refractivity contribution in [3.63, 3.8) is 0 Å². The molecule has 0 atom stereocenters. The summed E-state index contributed by atoms with van der Waals surface area (Å²) < 4.78 is 0. The summed E-state index contributed by atoms with van der Waals surface area (Å²) in [5.41, 5.74) is 2.44. The summed E-state index contributed by atoms with van der Waals surface area (Å²) in [6.07, 6.45) is 6.36. The van der Waals surface area contributed by atoms with Crippen molar-refractivity contribution in [2.24, 2.45) is 5.92 Å². The van der Waals surface area contributed by atoms with Crippen molar-refractivity contribution < 1.29 is 9.59 Å². The minimum Gasteiger partial charge on any atom is -0.352 e. The van der Waals surface area contributed by atoms with Crippen molar-refractivity contribution in [3.05, 3.63) is 34.9 Å². The van der Waals surface area contributed by atoms with Gasteiger partial charge in [0.15, 0.2) is 5.78 Å². The van der Waals surface area contributed by atoms with E-state index in [4.69, 9.17) is 0 Å². The minimum absolute atomic E-state index is 0.0447. The zero-order valence-electron chi connectivity index (χ0n) is 11.1. The molecule has 1 aromatic carbocycles. The second-order valence-corrected chi connectivity index (χ2v) is 5.66. The molecule has 0 aromatic heterocycles. The number of carbonyl (C=O) groups excluding carboxylic acids is 2. The molecule has 0 spiro atoms. The Morgan fingerprint density at radius 2 is 2.05 bits per heavy atom. The molecule has 1 aliphatic heterocycles. The van der Waals surface area contributed by atoms with E-state index in [2.05, 4.69) is 5.32 Å². The van der Waals surface area contributed by atoms with Gasteiger partial charge in [-0.05, 0) is 24.0 Å². The predicted octanol–water partition coefficient (Wildman–Crippen LogP) is 2.74. The summed E-state index contributed by atoms with van der Waals surface area (Å²) in [6, 6.07) is 5.60. The van der Waals surface area contributed by atoms with Crippen LogP contribution in [0.1, 0.15) is 58.4 Å². The molecule has 1 aliphatic carbocycles. The van der Waals surface area contributed by atoms with Crippen molar-refractivity contribution in [2.75, 3.05) is 6.54 Å². The monoisotopic (exact) mass is 257 g/mol. The third kappa shape index (κ3) is 2.55. The van der Waals surface area contributed by atoms with Crippen molar-refractivity contribution in [1.29, 1.82) is 0 Å². The second kappa shape index (κ2) is 5.16. The van der Waals surface area contributed by atoms with Gasteiger partial charge in [0.05, 0.1) is 0 Å². The van der Waals surface area contributed by atoms with Crippen LogP contribution in [0.2, 0.25) is 0 Å². The average Bonchev–Trinajstić information content (AvgIpc) is 2.92. The highest BCUT2D eigenvalue weighted by atomic mass is 16.1. The van der Waals surface area contributed by atoms with Crippen LogP contribution < -0.4 is 5.32 Å². The lowest BCUT2D eigenvalue weighted by Crippen LogP contribution is -2.32. The Morgan fingerprint density at radius 3 is 2.84 bits per heavy atom. The van der Waals surface area contributed by atoms with Crippen molar-refractivity contribution in [1.82, 2.24) is 5.32 Å². The van der Waals surface area contributed by atoms with Crippen LogP contribution in [-0.2, 0) is 6.42 Å². The lowest BCUT2D eigenvalue weighted by Gasteiger charge is -2.17. The Balaban J connectivity index is 1.79. The molecule has 3 rings (SSSR count). The molecule has 100 valence electrons. The number of amides is 1. The third-order valence-electron chi connectivity index (χ3n) is 4.31. The number of rotatable bonds is 3. The quantitative estimate of drug-likeness (QED) is 0.846. The number of benzene rings is 1. The first kappa shape index (κ1) is 12.4. The molecule has 1 saturated carbocycles. The average molecular weight is 257 g/mol. The molecule has 1 fully saturated rings. The van der Waals surface area contributed by atoms with E-state index in [1.807, 2.05) is 12.1 Å². The van der Waals surface area contributed by atoms with Crippen LogP contribution in [-0.4, -0.2) is 18.2 Å². The number of hydrogen-bond acceptors (Lipinski definition) is 2. The summed E-state index contributed by atoms with van der Waals surface area (Å²) in [5, 5.41) is 2.83. The Labute approximate surface area is 113 Å². The van der Waals surface area contributed by atoms with Crippen LogP contribution in [0.25, 0.3) is 0 Å². The van der Waals surface area contributed by atoms with Crippen LogP contribution in [0.3, 0.4) is 0 Å². The van der Waals surface area contributed by atoms with Crippen molar-refractivity contribution >= 4 is 11.7 Å². The first-order valence-electron chi connectivity index (χ1n) is 7.18. The number of hydrogen-bond donors (Lipinski definition) is 1. The van der Waals surface area contributed by atoms with Gasteiger partial charge in [0, 0.05) is 24.1 Å². The fourth-order valence-electron chi connectivity index (χ4n) is 3.18. The summed E-state index contributed by atoms with van der Waals surface area (Å²) in [6.45, 7) is 0.696. The lowest BCUT2D eigenvalue weighted by molar-refractivity contribution is 0.0946. The molecular formula is C16H19NO2. The zero-order chi connectivity index (χ0) is 13.2. The van der Waals surface area contributed by atoms with E-state index < -0.39 is 0 Å².